The molecule has 8 heterocycles. The van der Waals surface area contributed by atoms with Crippen molar-refractivity contribution in [1.82, 2.24) is 39.0 Å². The summed E-state index contributed by atoms with van der Waals surface area (Å²) >= 11 is 0. The Hall–Kier alpha value is -5.85. The molecule has 4 aliphatic rings. The van der Waals surface area contributed by atoms with Gasteiger partial charge in [0.05, 0.1) is 12.9 Å². The van der Waals surface area contributed by atoms with Gasteiger partial charge in [-0.3, -0.25) is 18.7 Å². The standard InChI is InChI=1S/C54H68N10O10Si2/c1-11-75(12-2,13-3)67-29-36-41-43(72-53(7,8)70-41)52(68-36)64-37(60-39-46(56-31-58-48(39)64)62-50(66)34-25-21-18-22-26-34)28-27-35(74-76(14-4,15-5)16-6)40-42-44(73-54(9,10)71-42)51(69-40)63-32-59-38-45(55-30-57-47(38)63)61-49(65)33-23-19-17-20-24-33/h17-26,30-32,35-36,40-44,51-52H,11-16,29H2,1-10H3,(H,55,57,61,65)(H,56,58,62,66)/t35-,36-,40-,41-,42-,43-,44-,51-,52-/m1/s1. The molecular weight excluding hydrogens is 1000 g/mol. The number of amides is 2. The fourth-order valence-electron chi connectivity index (χ4n) is 11.0. The van der Waals surface area contributed by atoms with Crippen molar-refractivity contribution in [2.24, 2.45) is 0 Å². The lowest BCUT2D eigenvalue weighted by atomic mass is 10.1. The maximum Gasteiger partial charge on any atom is 0.256 e. The zero-order valence-corrected chi connectivity index (χ0v) is 46.8. The maximum absolute atomic E-state index is 13.7. The Morgan fingerprint density at radius 3 is 1.75 bits per heavy atom. The molecule has 4 fully saturated rings. The van der Waals surface area contributed by atoms with Gasteiger partial charge in [0.1, 0.15) is 55.4 Å². The van der Waals surface area contributed by atoms with Crippen LogP contribution in [0.2, 0.25) is 36.3 Å². The molecular formula is C54H68N10O10Si2. The van der Waals surface area contributed by atoms with Gasteiger partial charge < -0.3 is 47.9 Å². The number of nitrogens with one attached hydrogen (secondary N) is 2. The van der Waals surface area contributed by atoms with Crippen molar-refractivity contribution in [3.8, 4) is 11.8 Å². The van der Waals surface area contributed by atoms with Crippen molar-refractivity contribution in [2.45, 2.75) is 172 Å². The normalized spacial score (nSPS) is 25.0. The number of ether oxygens (including phenoxy) is 6. The Morgan fingerprint density at radius 1 is 0.645 bits per heavy atom. The number of benzene rings is 2. The molecule has 2 aromatic carbocycles. The second-order valence-corrected chi connectivity index (χ2v) is 30.2. The molecule has 9 atom stereocenters. The first-order valence-corrected chi connectivity index (χ1v) is 31.6. The van der Waals surface area contributed by atoms with E-state index in [1.807, 2.05) is 44.4 Å². The SMILES string of the molecule is CC[Si](CC)(CC)OC[C@H]1O[C@@H](n2c(C#C[C@@H](O[Si](CC)(CC)CC)[C@H]3O[C@@H](n4cnc5c(NC(=O)c6ccccc6)ncnc54)[C@@H]4OC(C)(C)O[C@@H]43)nc3c(NC(=O)c4ccccc4)ncnc32)[C@@H]2OC(C)(C)O[C@@H]21. The van der Waals surface area contributed by atoms with Gasteiger partial charge in [0.15, 0.2) is 80.5 Å². The van der Waals surface area contributed by atoms with Gasteiger partial charge in [-0.25, -0.2) is 29.9 Å². The molecule has 22 heteroatoms. The highest BCUT2D eigenvalue weighted by Crippen LogP contribution is 2.47. The summed E-state index contributed by atoms with van der Waals surface area (Å²) in [5, 5.41) is 5.87. The van der Waals surface area contributed by atoms with E-state index < -0.39 is 83.4 Å². The van der Waals surface area contributed by atoms with E-state index in [9.17, 15) is 9.59 Å². The molecule has 76 heavy (non-hydrogen) atoms. The zero-order chi connectivity index (χ0) is 53.6. The number of fused-ring (bicyclic) bond motifs is 4. The smallest absolute Gasteiger partial charge is 0.256 e. The van der Waals surface area contributed by atoms with E-state index in [1.54, 1.807) is 59.4 Å². The van der Waals surface area contributed by atoms with E-state index in [0.29, 0.717) is 40.1 Å². The molecule has 402 valence electrons. The predicted octanol–water partition coefficient (Wildman–Crippen LogP) is 8.77. The van der Waals surface area contributed by atoms with Crippen molar-refractivity contribution in [3.63, 3.8) is 0 Å². The average molecular weight is 1070 g/mol. The van der Waals surface area contributed by atoms with E-state index >= 15 is 0 Å². The molecule has 0 unspecified atom stereocenters. The molecule has 20 nitrogen and oxygen atoms in total. The highest BCUT2D eigenvalue weighted by Gasteiger charge is 2.60. The molecule has 4 saturated heterocycles. The summed E-state index contributed by atoms with van der Waals surface area (Å²) in [6.07, 6.45) is -1.96. The molecule has 0 bridgehead atoms. The van der Waals surface area contributed by atoms with Gasteiger partial charge in [0, 0.05) is 11.1 Å². The molecule has 4 aromatic heterocycles. The molecule has 0 radical (unpaired) electrons. The lowest BCUT2D eigenvalue weighted by Gasteiger charge is -2.35. The fourth-order valence-corrected chi connectivity index (χ4v) is 16.3. The summed E-state index contributed by atoms with van der Waals surface area (Å²) in [6, 6.07) is 23.1. The van der Waals surface area contributed by atoms with Gasteiger partial charge >= 0.3 is 0 Å². The zero-order valence-electron chi connectivity index (χ0n) is 44.8. The predicted molar refractivity (Wildman–Crippen MR) is 287 cm³/mol. The van der Waals surface area contributed by atoms with Crippen LogP contribution in [0.1, 0.15) is 108 Å². The maximum atomic E-state index is 13.7. The topological polar surface area (TPSA) is 219 Å². The third kappa shape index (κ3) is 10.3. The summed E-state index contributed by atoms with van der Waals surface area (Å²) in [6.45, 7) is 20.9. The Balaban J connectivity index is 1.07. The van der Waals surface area contributed by atoms with Gasteiger partial charge in [0.2, 0.25) is 0 Å². The monoisotopic (exact) mass is 1070 g/mol. The van der Waals surface area contributed by atoms with E-state index in [0.717, 1.165) is 36.3 Å². The van der Waals surface area contributed by atoms with Crippen LogP contribution in [0.25, 0.3) is 22.3 Å². The van der Waals surface area contributed by atoms with Gasteiger partial charge in [-0.05, 0) is 94.1 Å². The Bertz CT molecular complexity index is 3110. The van der Waals surface area contributed by atoms with Crippen molar-refractivity contribution >= 4 is 62.4 Å². The Kier molecular flexibility index (Phi) is 15.2. The number of carbonyl (C=O) groups excluding carboxylic acids is 2. The number of hydrogen-bond donors (Lipinski definition) is 2. The molecule has 4 aliphatic heterocycles. The average Bonchev–Trinajstić information content (AvgIpc) is 4.32. The molecule has 10 rings (SSSR count). The third-order valence-corrected chi connectivity index (χ3v) is 24.8. The number of aromatic nitrogens is 8. The number of anilines is 2. The first kappa shape index (κ1) is 53.5. The minimum absolute atomic E-state index is 0.188. The van der Waals surface area contributed by atoms with Crippen molar-refractivity contribution in [1.29, 1.82) is 0 Å². The van der Waals surface area contributed by atoms with Gasteiger partial charge in [-0.1, -0.05) is 83.9 Å². The van der Waals surface area contributed by atoms with Crippen molar-refractivity contribution in [2.75, 3.05) is 17.2 Å². The molecule has 0 saturated carbocycles. The minimum Gasteiger partial charge on any atom is -0.414 e. The van der Waals surface area contributed by atoms with Gasteiger partial charge in [-0.2, -0.15) is 0 Å². The van der Waals surface area contributed by atoms with E-state index in [2.05, 4.69) is 79.0 Å². The van der Waals surface area contributed by atoms with Crippen LogP contribution >= 0.6 is 0 Å². The number of nitrogens with zero attached hydrogens (tertiary/aromatic N) is 8. The summed E-state index contributed by atoms with van der Waals surface area (Å²) < 4.78 is 58.7. The Labute approximate surface area is 444 Å². The molecule has 2 N–H and O–H groups in total. The van der Waals surface area contributed by atoms with Crippen LogP contribution in [0, 0.1) is 11.8 Å². The largest absolute Gasteiger partial charge is 0.414 e. The fraction of sp³-hybridized carbons (Fsp3) is 0.519. The third-order valence-electron chi connectivity index (χ3n) is 15.5. The number of hydrogen-bond acceptors (Lipinski definition) is 16. The highest BCUT2D eigenvalue weighted by atomic mass is 28.4. The second-order valence-electron chi connectivity index (χ2n) is 20.7. The van der Waals surface area contributed by atoms with Crippen molar-refractivity contribution < 1.29 is 46.9 Å². The lowest BCUT2D eigenvalue weighted by molar-refractivity contribution is -0.202. The van der Waals surface area contributed by atoms with E-state index in [-0.39, 0.29) is 29.3 Å². The van der Waals surface area contributed by atoms with Crippen LogP contribution in [-0.4, -0.2) is 128 Å². The summed E-state index contributed by atoms with van der Waals surface area (Å²) in [7, 11) is -4.53. The highest BCUT2D eigenvalue weighted by molar-refractivity contribution is 6.74. The number of imidazole rings is 2. The second kappa shape index (κ2) is 21.5. The number of rotatable bonds is 18. The molecule has 0 aliphatic carbocycles. The van der Waals surface area contributed by atoms with Crippen LogP contribution in [-0.2, 0) is 37.3 Å². The van der Waals surface area contributed by atoms with Gasteiger partial charge in [-0.15, -0.1) is 0 Å². The van der Waals surface area contributed by atoms with Crippen LogP contribution in [0.3, 0.4) is 0 Å². The number of carbonyl (C=O) groups is 2. The minimum atomic E-state index is -2.48. The molecule has 0 spiro atoms. The van der Waals surface area contributed by atoms with Crippen LogP contribution in [0.15, 0.2) is 79.6 Å². The first-order chi connectivity index (χ1) is 36.6. The van der Waals surface area contributed by atoms with Crippen molar-refractivity contribution in [3.05, 3.63) is 96.6 Å². The van der Waals surface area contributed by atoms with Crippen LogP contribution in [0.4, 0.5) is 11.6 Å². The summed E-state index contributed by atoms with van der Waals surface area (Å²) in [5.41, 5.74) is 2.34. The summed E-state index contributed by atoms with van der Waals surface area (Å²) in [5.74, 6) is 4.99. The van der Waals surface area contributed by atoms with Crippen LogP contribution in [0.5, 0.6) is 0 Å². The quantitative estimate of drug-likeness (QED) is 0.0607. The van der Waals surface area contributed by atoms with E-state index in [4.69, 9.17) is 52.2 Å². The van der Waals surface area contributed by atoms with E-state index in [1.165, 1.54) is 12.7 Å². The van der Waals surface area contributed by atoms with Gasteiger partial charge in [0.25, 0.3) is 11.8 Å². The first-order valence-electron chi connectivity index (χ1n) is 26.6. The summed E-state index contributed by atoms with van der Waals surface area (Å²) in [4.78, 5) is 55.2. The molecule has 6 aromatic rings. The lowest BCUT2D eigenvalue weighted by Crippen LogP contribution is -2.47. The molecule has 2 amide bonds. The Morgan fingerprint density at radius 2 is 1.17 bits per heavy atom. The van der Waals surface area contributed by atoms with Crippen LogP contribution < -0.4 is 10.6 Å².